The molecule has 0 bridgehead atoms. The maximum atomic E-state index is 12.7. The zero-order valence-corrected chi connectivity index (χ0v) is 16.0. The number of rotatable bonds is 3. The summed E-state index contributed by atoms with van der Waals surface area (Å²) in [5, 5.41) is 3.28. The quantitative estimate of drug-likeness (QED) is 0.724. The number of nitrogens with zero attached hydrogens (tertiary/aromatic N) is 2. The van der Waals surface area contributed by atoms with E-state index in [0.717, 1.165) is 17.5 Å². The van der Waals surface area contributed by atoms with E-state index in [9.17, 15) is 9.59 Å². The molecule has 142 valence electrons. The highest BCUT2D eigenvalue weighted by Crippen LogP contribution is 2.25. The zero-order chi connectivity index (χ0) is 19.7. The Labute approximate surface area is 167 Å². The molecule has 0 unspecified atom stereocenters. The third-order valence-corrected chi connectivity index (χ3v) is 5.16. The summed E-state index contributed by atoms with van der Waals surface area (Å²) in [5.74, 6) is 0.0893. The average molecular weight is 396 g/mol. The largest absolute Gasteiger partial charge is 0.448 e. The van der Waals surface area contributed by atoms with Crippen molar-refractivity contribution in [1.29, 1.82) is 0 Å². The van der Waals surface area contributed by atoms with E-state index in [2.05, 4.69) is 10.3 Å². The fourth-order valence-electron chi connectivity index (χ4n) is 3.31. The molecule has 1 aliphatic heterocycles. The van der Waals surface area contributed by atoms with Gasteiger partial charge in [-0.2, -0.15) is 0 Å². The van der Waals surface area contributed by atoms with Gasteiger partial charge in [-0.1, -0.05) is 29.8 Å². The predicted octanol–water partition coefficient (Wildman–Crippen LogP) is 4.09. The van der Waals surface area contributed by atoms with Crippen molar-refractivity contribution in [3.05, 3.63) is 82.0 Å². The number of carbonyl (C=O) groups excluding carboxylic acids is 2. The summed E-state index contributed by atoms with van der Waals surface area (Å²) in [6, 6.07) is 12.7. The lowest BCUT2D eigenvalue weighted by atomic mass is 9.98. The number of carbonyl (C=O) groups is 2. The Bertz CT molecular complexity index is 1060. The number of hydrogen-bond acceptors (Lipinski definition) is 4. The van der Waals surface area contributed by atoms with E-state index in [0.29, 0.717) is 40.8 Å². The number of aromatic nitrogens is 1. The van der Waals surface area contributed by atoms with E-state index in [-0.39, 0.29) is 11.8 Å². The number of amides is 2. The summed E-state index contributed by atoms with van der Waals surface area (Å²) in [5.41, 5.74) is 3.58. The number of halogens is 1. The van der Waals surface area contributed by atoms with Crippen molar-refractivity contribution in [3.63, 3.8) is 0 Å². The highest BCUT2D eigenvalue weighted by Gasteiger charge is 2.25. The Balaban J connectivity index is 1.52. The molecular weight excluding hydrogens is 378 g/mol. The highest BCUT2D eigenvalue weighted by atomic mass is 35.5. The third kappa shape index (κ3) is 3.51. The minimum Gasteiger partial charge on any atom is -0.448 e. The molecule has 1 aliphatic rings. The number of anilines is 1. The number of oxazole rings is 1. The topological polar surface area (TPSA) is 75.4 Å². The van der Waals surface area contributed by atoms with Crippen LogP contribution in [0, 0.1) is 6.92 Å². The number of hydrogen-bond donors (Lipinski definition) is 1. The Morgan fingerprint density at radius 1 is 1.18 bits per heavy atom. The Kier molecular flexibility index (Phi) is 4.88. The van der Waals surface area contributed by atoms with Gasteiger partial charge in [-0.15, -0.1) is 0 Å². The van der Waals surface area contributed by atoms with Crippen LogP contribution in [-0.4, -0.2) is 28.2 Å². The lowest BCUT2D eigenvalue weighted by Crippen LogP contribution is -2.36. The van der Waals surface area contributed by atoms with E-state index in [1.54, 1.807) is 36.1 Å². The van der Waals surface area contributed by atoms with E-state index in [1.165, 1.54) is 6.39 Å². The Morgan fingerprint density at radius 3 is 2.75 bits per heavy atom. The van der Waals surface area contributed by atoms with Gasteiger partial charge in [0, 0.05) is 18.8 Å². The molecule has 1 aromatic heterocycles. The molecule has 28 heavy (non-hydrogen) atoms. The minimum atomic E-state index is -0.271. The van der Waals surface area contributed by atoms with E-state index in [4.69, 9.17) is 16.0 Å². The van der Waals surface area contributed by atoms with E-state index in [1.807, 2.05) is 18.2 Å². The van der Waals surface area contributed by atoms with E-state index >= 15 is 0 Å². The predicted molar refractivity (Wildman–Crippen MR) is 106 cm³/mol. The van der Waals surface area contributed by atoms with Crippen LogP contribution in [0.2, 0.25) is 5.02 Å². The summed E-state index contributed by atoms with van der Waals surface area (Å²) >= 11 is 6.10. The Hall–Kier alpha value is -3.12. The molecule has 7 heteroatoms. The molecule has 3 aromatic rings. The van der Waals surface area contributed by atoms with Gasteiger partial charge in [-0.25, -0.2) is 4.98 Å². The van der Waals surface area contributed by atoms with Crippen molar-refractivity contribution in [2.75, 3.05) is 11.9 Å². The number of aryl methyl sites for hydroxylation is 1. The highest BCUT2D eigenvalue weighted by molar-refractivity contribution is 6.34. The lowest BCUT2D eigenvalue weighted by Gasteiger charge is -2.28. The Morgan fingerprint density at radius 2 is 2.00 bits per heavy atom. The summed E-state index contributed by atoms with van der Waals surface area (Å²) in [4.78, 5) is 30.9. The normalized spacial score (nSPS) is 13.1. The second-order valence-corrected chi connectivity index (χ2v) is 7.06. The monoisotopic (exact) mass is 395 g/mol. The smallest absolute Gasteiger partial charge is 0.276 e. The summed E-state index contributed by atoms with van der Waals surface area (Å²) < 4.78 is 5.14. The molecule has 6 nitrogen and oxygen atoms in total. The van der Waals surface area contributed by atoms with Crippen LogP contribution < -0.4 is 5.32 Å². The van der Waals surface area contributed by atoms with Gasteiger partial charge in [0.05, 0.1) is 10.6 Å². The maximum absolute atomic E-state index is 12.7. The van der Waals surface area contributed by atoms with Gasteiger partial charge in [0.1, 0.15) is 5.76 Å². The minimum absolute atomic E-state index is 0.151. The first-order chi connectivity index (χ1) is 13.5. The molecule has 0 radical (unpaired) electrons. The molecule has 0 spiro atoms. The molecule has 0 saturated heterocycles. The summed E-state index contributed by atoms with van der Waals surface area (Å²) in [7, 11) is 0. The molecule has 4 rings (SSSR count). The fourth-order valence-corrected chi connectivity index (χ4v) is 3.53. The number of nitrogens with one attached hydrogen (secondary N) is 1. The van der Waals surface area contributed by atoms with E-state index < -0.39 is 0 Å². The van der Waals surface area contributed by atoms with Crippen LogP contribution in [0.5, 0.6) is 0 Å². The van der Waals surface area contributed by atoms with Gasteiger partial charge in [-0.05, 0) is 48.7 Å². The summed E-state index contributed by atoms with van der Waals surface area (Å²) in [6.45, 7) is 2.79. The molecular formula is C21H18ClN3O3. The van der Waals surface area contributed by atoms with Gasteiger partial charge in [0.2, 0.25) is 0 Å². The SMILES string of the molecule is Cc1ocnc1C(=O)N1CCc2ccc(NC(=O)c3ccccc3Cl)cc2C1. The zero-order valence-electron chi connectivity index (χ0n) is 15.2. The first-order valence-corrected chi connectivity index (χ1v) is 9.28. The maximum Gasteiger partial charge on any atom is 0.276 e. The van der Waals surface area contributed by atoms with Gasteiger partial charge in [-0.3, -0.25) is 9.59 Å². The molecule has 0 aliphatic carbocycles. The second kappa shape index (κ2) is 7.48. The molecule has 2 heterocycles. The van der Waals surface area contributed by atoms with Gasteiger partial charge in [0.25, 0.3) is 11.8 Å². The molecule has 0 saturated carbocycles. The van der Waals surface area contributed by atoms with Crippen molar-refractivity contribution in [2.45, 2.75) is 19.9 Å². The van der Waals surface area contributed by atoms with Crippen molar-refractivity contribution >= 4 is 29.1 Å². The van der Waals surface area contributed by atoms with Crippen molar-refractivity contribution < 1.29 is 14.0 Å². The molecule has 0 atom stereocenters. The number of fused-ring (bicyclic) bond motifs is 1. The summed E-state index contributed by atoms with van der Waals surface area (Å²) in [6.07, 6.45) is 2.03. The van der Waals surface area contributed by atoms with Crippen LogP contribution >= 0.6 is 11.6 Å². The fraction of sp³-hybridized carbons (Fsp3) is 0.190. The first kappa shape index (κ1) is 18.3. The van der Waals surface area contributed by atoms with Crippen LogP contribution in [-0.2, 0) is 13.0 Å². The van der Waals surface area contributed by atoms with Crippen molar-refractivity contribution in [3.8, 4) is 0 Å². The molecule has 2 amide bonds. The average Bonchev–Trinajstić information content (AvgIpc) is 3.13. The van der Waals surface area contributed by atoms with Crippen LogP contribution in [0.15, 0.2) is 53.3 Å². The number of benzene rings is 2. The molecule has 1 N–H and O–H groups in total. The lowest BCUT2D eigenvalue weighted by molar-refractivity contribution is 0.0727. The van der Waals surface area contributed by atoms with Crippen LogP contribution in [0.3, 0.4) is 0 Å². The van der Waals surface area contributed by atoms with Crippen LogP contribution in [0.1, 0.15) is 37.7 Å². The van der Waals surface area contributed by atoms with Gasteiger partial charge in [0.15, 0.2) is 12.1 Å². The van der Waals surface area contributed by atoms with Crippen molar-refractivity contribution in [2.24, 2.45) is 0 Å². The van der Waals surface area contributed by atoms with Gasteiger partial charge >= 0.3 is 0 Å². The molecule has 0 fully saturated rings. The van der Waals surface area contributed by atoms with Crippen molar-refractivity contribution in [1.82, 2.24) is 9.88 Å². The third-order valence-electron chi connectivity index (χ3n) is 4.83. The van der Waals surface area contributed by atoms with Crippen LogP contribution in [0.4, 0.5) is 5.69 Å². The molecule has 2 aromatic carbocycles. The first-order valence-electron chi connectivity index (χ1n) is 8.90. The van der Waals surface area contributed by atoms with Crippen LogP contribution in [0.25, 0.3) is 0 Å². The van der Waals surface area contributed by atoms with Gasteiger partial charge < -0.3 is 14.6 Å². The second-order valence-electron chi connectivity index (χ2n) is 6.65. The standard InChI is InChI=1S/C21H18ClN3O3/c1-13-19(23-12-28-13)21(27)25-9-8-14-6-7-16(10-15(14)11-25)24-20(26)17-4-2-3-5-18(17)22/h2-7,10,12H,8-9,11H2,1H3,(H,24,26).